The topological polar surface area (TPSA) is 25.8 Å². The number of rotatable bonds is 4. The lowest BCUT2D eigenvalue weighted by atomic mass is 10.0. The van der Waals surface area contributed by atoms with Crippen molar-refractivity contribution in [3.05, 3.63) is 120 Å². The zero-order valence-electron chi connectivity index (χ0n) is 18.7. The molecule has 0 bridgehead atoms. The van der Waals surface area contributed by atoms with Crippen LogP contribution in [-0.2, 0) is 0 Å². The predicted molar refractivity (Wildman–Crippen MR) is 140 cm³/mol. The second-order valence-corrected chi connectivity index (χ2v) is 7.72. The molecular formula is C30H25ClN2. The van der Waals surface area contributed by atoms with Gasteiger partial charge < -0.3 is 0 Å². The average molecular weight is 449 g/mol. The highest BCUT2D eigenvalue weighted by molar-refractivity contribution is 6.30. The first-order chi connectivity index (χ1) is 16.3. The summed E-state index contributed by atoms with van der Waals surface area (Å²) in [7, 11) is 0. The van der Waals surface area contributed by atoms with E-state index >= 15 is 0 Å². The van der Waals surface area contributed by atoms with Gasteiger partial charge in [-0.15, -0.1) is 0 Å². The fourth-order valence-corrected chi connectivity index (χ4v) is 3.78. The van der Waals surface area contributed by atoms with Crippen molar-refractivity contribution < 1.29 is 0 Å². The minimum absolute atomic E-state index is 0.713. The molecule has 2 nitrogen and oxygen atoms in total. The van der Waals surface area contributed by atoms with Crippen molar-refractivity contribution in [2.45, 2.75) is 13.8 Å². The summed E-state index contributed by atoms with van der Waals surface area (Å²) in [6.45, 7) is 4.00. The summed E-state index contributed by atoms with van der Waals surface area (Å²) in [6, 6.07) is 38.6. The van der Waals surface area contributed by atoms with E-state index < -0.39 is 0 Å². The van der Waals surface area contributed by atoms with E-state index in [9.17, 15) is 0 Å². The summed E-state index contributed by atoms with van der Waals surface area (Å²) in [4.78, 5) is 9.78. The summed E-state index contributed by atoms with van der Waals surface area (Å²) in [5, 5.41) is 0.725. The molecule has 0 radical (unpaired) electrons. The molecule has 5 rings (SSSR count). The second-order valence-electron chi connectivity index (χ2n) is 7.29. The molecule has 1 heterocycles. The van der Waals surface area contributed by atoms with Crippen LogP contribution in [0.25, 0.3) is 45.0 Å². The van der Waals surface area contributed by atoms with Crippen LogP contribution in [0.15, 0.2) is 115 Å². The Labute approximate surface area is 200 Å². The molecule has 0 atom stereocenters. The van der Waals surface area contributed by atoms with Crippen molar-refractivity contribution in [3.63, 3.8) is 0 Å². The molecule has 0 aliphatic rings. The van der Waals surface area contributed by atoms with Gasteiger partial charge in [0.15, 0.2) is 5.82 Å². The SMILES string of the molecule is CC.Clc1cccc(-c2cccc(-c3cc(-c4ccccc4)nc(-c4ccccc4)n3)c2)c1. The molecule has 0 aliphatic heterocycles. The van der Waals surface area contributed by atoms with Crippen molar-refractivity contribution in [1.29, 1.82) is 0 Å². The van der Waals surface area contributed by atoms with Gasteiger partial charge in [-0.3, -0.25) is 0 Å². The van der Waals surface area contributed by atoms with Crippen LogP contribution < -0.4 is 0 Å². The van der Waals surface area contributed by atoms with Gasteiger partial charge in [-0.05, 0) is 35.4 Å². The smallest absolute Gasteiger partial charge is 0.160 e. The van der Waals surface area contributed by atoms with Crippen molar-refractivity contribution in [2.75, 3.05) is 0 Å². The molecule has 33 heavy (non-hydrogen) atoms. The van der Waals surface area contributed by atoms with Gasteiger partial charge in [0.05, 0.1) is 11.4 Å². The van der Waals surface area contributed by atoms with Crippen molar-refractivity contribution in [1.82, 2.24) is 9.97 Å². The van der Waals surface area contributed by atoms with Gasteiger partial charge in [0.1, 0.15) is 0 Å². The lowest BCUT2D eigenvalue weighted by molar-refractivity contribution is 1.18. The van der Waals surface area contributed by atoms with E-state index in [-0.39, 0.29) is 0 Å². The highest BCUT2D eigenvalue weighted by Crippen LogP contribution is 2.30. The zero-order valence-corrected chi connectivity index (χ0v) is 19.5. The minimum Gasteiger partial charge on any atom is -0.228 e. The van der Waals surface area contributed by atoms with Crippen LogP contribution in [0.4, 0.5) is 0 Å². The maximum Gasteiger partial charge on any atom is 0.160 e. The number of nitrogens with zero attached hydrogens (tertiary/aromatic N) is 2. The Morgan fingerprint density at radius 1 is 0.455 bits per heavy atom. The van der Waals surface area contributed by atoms with Crippen LogP contribution >= 0.6 is 11.6 Å². The van der Waals surface area contributed by atoms with Gasteiger partial charge in [-0.1, -0.05) is 116 Å². The van der Waals surface area contributed by atoms with Crippen LogP contribution in [0.2, 0.25) is 5.02 Å². The summed E-state index contributed by atoms with van der Waals surface area (Å²) in [5.74, 6) is 0.713. The van der Waals surface area contributed by atoms with E-state index in [0.717, 1.165) is 44.2 Å². The zero-order chi connectivity index (χ0) is 23.0. The van der Waals surface area contributed by atoms with Gasteiger partial charge in [-0.2, -0.15) is 0 Å². The third-order valence-electron chi connectivity index (χ3n) is 5.14. The number of halogens is 1. The Bertz CT molecular complexity index is 1270. The first kappa shape index (κ1) is 22.4. The largest absolute Gasteiger partial charge is 0.228 e. The molecule has 0 saturated heterocycles. The molecule has 0 unspecified atom stereocenters. The molecule has 0 saturated carbocycles. The quantitative estimate of drug-likeness (QED) is 0.274. The third kappa shape index (κ3) is 5.36. The third-order valence-corrected chi connectivity index (χ3v) is 5.38. The van der Waals surface area contributed by atoms with E-state index in [1.807, 2.05) is 80.6 Å². The van der Waals surface area contributed by atoms with E-state index in [1.165, 1.54) is 0 Å². The fourth-order valence-electron chi connectivity index (χ4n) is 3.59. The molecule has 0 fully saturated rings. The second kappa shape index (κ2) is 10.7. The first-order valence-electron chi connectivity index (χ1n) is 11.1. The maximum absolute atomic E-state index is 6.21. The highest BCUT2D eigenvalue weighted by Gasteiger charge is 2.11. The monoisotopic (exact) mass is 448 g/mol. The van der Waals surface area contributed by atoms with Gasteiger partial charge in [0.2, 0.25) is 0 Å². The van der Waals surface area contributed by atoms with E-state index in [2.05, 4.69) is 48.5 Å². The Kier molecular flexibility index (Phi) is 7.29. The van der Waals surface area contributed by atoms with E-state index in [1.54, 1.807) is 0 Å². The van der Waals surface area contributed by atoms with Crippen molar-refractivity contribution >= 4 is 11.6 Å². The molecule has 3 heteroatoms. The number of hydrogen-bond acceptors (Lipinski definition) is 2. The van der Waals surface area contributed by atoms with E-state index in [0.29, 0.717) is 5.82 Å². The molecule has 0 aliphatic carbocycles. The number of hydrogen-bond donors (Lipinski definition) is 0. The molecule has 0 spiro atoms. The van der Waals surface area contributed by atoms with Crippen LogP contribution in [0.3, 0.4) is 0 Å². The Morgan fingerprint density at radius 3 is 1.58 bits per heavy atom. The van der Waals surface area contributed by atoms with Gasteiger partial charge >= 0.3 is 0 Å². The fraction of sp³-hybridized carbons (Fsp3) is 0.0667. The Balaban J connectivity index is 0.00000126. The van der Waals surface area contributed by atoms with E-state index in [4.69, 9.17) is 21.6 Å². The normalized spacial score (nSPS) is 10.3. The van der Waals surface area contributed by atoms with Crippen LogP contribution in [0, 0.1) is 0 Å². The average Bonchev–Trinajstić information content (AvgIpc) is 2.91. The minimum atomic E-state index is 0.713. The molecule has 0 amide bonds. The van der Waals surface area contributed by atoms with Crippen molar-refractivity contribution in [2.24, 2.45) is 0 Å². The summed E-state index contributed by atoms with van der Waals surface area (Å²) in [5.41, 5.74) is 7.06. The molecule has 1 aromatic heterocycles. The molecule has 0 N–H and O–H groups in total. The lowest BCUT2D eigenvalue weighted by Crippen LogP contribution is -1.96. The number of aromatic nitrogens is 2. The molecule has 5 aromatic rings. The first-order valence-corrected chi connectivity index (χ1v) is 11.5. The number of benzene rings is 4. The Morgan fingerprint density at radius 2 is 0.939 bits per heavy atom. The van der Waals surface area contributed by atoms with Crippen LogP contribution in [0.5, 0.6) is 0 Å². The van der Waals surface area contributed by atoms with Gasteiger partial charge in [-0.25, -0.2) is 9.97 Å². The molecular weight excluding hydrogens is 424 g/mol. The van der Waals surface area contributed by atoms with Crippen LogP contribution in [-0.4, -0.2) is 9.97 Å². The standard InChI is InChI=1S/C28H19ClN2.C2H6/c29-25-16-8-14-23(18-25)22-13-7-15-24(17-22)27-19-26(20-9-3-1-4-10-20)30-28(31-27)21-11-5-2-6-12-21;1-2/h1-19H;1-2H3. The summed E-state index contributed by atoms with van der Waals surface area (Å²) in [6.07, 6.45) is 0. The predicted octanol–water partition coefficient (Wildman–Crippen LogP) is 8.82. The Hall–Kier alpha value is -3.75. The summed E-state index contributed by atoms with van der Waals surface area (Å²) < 4.78 is 0. The van der Waals surface area contributed by atoms with Crippen molar-refractivity contribution in [3.8, 4) is 45.0 Å². The lowest BCUT2D eigenvalue weighted by Gasteiger charge is -2.10. The van der Waals surface area contributed by atoms with Gasteiger partial charge in [0, 0.05) is 21.7 Å². The molecule has 4 aromatic carbocycles. The highest BCUT2D eigenvalue weighted by atomic mass is 35.5. The van der Waals surface area contributed by atoms with Crippen LogP contribution in [0.1, 0.15) is 13.8 Å². The summed E-state index contributed by atoms with van der Waals surface area (Å²) >= 11 is 6.21. The maximum atomic E-state index is 6.21. The molecule has 162 valence electrons. The van der Waals surface area contributed by atoms with Gasteiger partial charge in [0.25, 0.3) is 0 Å².